The molecule has 0 aromatic heterocycles. The van der Waals surface area contributed by atoms with E-state index in [0.29, 0.717) is 22.4 Å². The minimum Gasteiger partial charge on any atom is -0.306 e. The number of unbranched alkanes of at least 4 members (excludes halogenated alkanes) is 2. The largest absolute Gasteiger partial charge is 0.306 e. The SMILES string of the molecule is CC(C)(C)CCCCCC(=O)P(=O)(c1ccccc1)c1ccccc1. The molecule has 0 amide bonds. The quantitative estimate of drug-likeness (QED) is 0.461. The van der Waals surface area contributed by atoms with Crippen LogP contribution < -0.4 is 10.6 Å². The second-order valence-electron chi connectivity index (χ2n) is 7.80. The van der Waals surface area contributed by atoms with E-state index in [4.69, 9.17) is 0 Å². The summed E-state index contributed by atoms with van der Waals surface area (Å²) < 4.78 is 13.8. The van der Waals surface area contributed by atoms with Gasteiger partial charge in [0.1, 0.15) is 0 Å². The summed E-state index contributed by atoms with van der Waals surface area (Å²) in [5, 5.41) is 1.28. The van der Waals surface area contributed by atoms with Crippen LogP contribution >= 0.6 is 7.14 Å². The monoisotopic (exact) mass is 356 g/mol. The van der Waals surface area contributed by atoms with Crippen LogP contribution in [0, 0.1) is 5.41 Å². The lowest BCUT2D eigenvalue weighted by Crippen LogP contribution is -2.22. The summed E-state index contributed by atoms with van der Waals surface area (Å²) in [5.74, 6) is 0. The predicted molar refractivity (Wildman–Crippen MR) is 107 cm³/mol. The molecule has 0 aliphatic carbocycles. The summed E-state index contributed by atoms with van der Waals surface area (Å²) in [6, 6.07) is 18.4. The topological polar surface area (TPSA) is 34.1 Å². The molecule has 0 saturated heterocycles. The van der Waals surface area contributed by atoms with Crippen molar-refractivity contribution in [2.75, 3.05) is 0 Å². The summed E-state index contributed by atoms with van der Waals surface area (Å²) in [6.07, 6.45) is 4.45. The number of rotatable bonds is 8. The Labute approximate surface area is 152 Å². The zero-order chi connectivity index (χ0) is 18.3. The highest BCUT2D eigenvalue weighted by molar-refractivity contribution is 7.93. The summed E-state index contributed by atoms with van der Waals surface area (Å²) >= 11 is 0. The summed E-state index contributed by atoms with van der Waals surface area (Å²) in [4.78, 5) is 13.0. The number of carbonyl (C=O) groups is 1. The van der Waals surface area contributed by atoms with Gasteiger partial charge in [0.2, 0.25) is 7.14 Å². The molecule has 0 radical (unpaired) electrons. The maximum Gasteiger partial charge on any atom is 0.205 e. The van der Waals surface area contributed by atoms with E-state index in [1.807, 2.05) is 60.7 Å². The van der Waals surface area contributed by atoms with E-state index in [2.05, 4.69) is 20.8 Å². The molecule has 0 fully saturated rings. The molecule has 2 rings (SSSR count). The van der Waals surface area contributed by atoms with Gasteiger partial charge in [0.05, 0.1) is 0 Å². The van der Waals surface area contributed by atoms with Crippen LogP contribution in [-0.2, 0) is 9.36 Å². The molecule has 134 valence electrons. The van der Waals surface area contributed by atoms with E-state index in [-0.39, 0.29) is 5.52 Å². The summed E-state index contributed by atoms with van der Waals surface area (Å²) in [5.41, 5.74) is 0.202. The number of benzene rings is 2. The van der Waals surface area contributed by atoms with Crippen LogP contribution in [0.3, 0.4) is 0 Å². The van der Waals surface area contributed by atoms with Crippen LogP contribution in [0.25, 0.3) is 0 Å². The highest BCUT2D eigenvalue weighted by atomic mass is 31.2. The van der Waals surface area contributed by atoms with Crippen LogP contribution in [0.5, 0.6) is 0 Å². The molecule has 0 N–H and O–H groups in total. The Morgan fingerprint density at radius 3 is 1.72 bits per heavy atom. The van der Waals surface area contributed by atoms with Gasteiger partial charge < -0.3 is 4.57 Å². The Bertz CT molecular complexity index is 671. The average molecular weight is 356 g/mol. The Morgan fingerprint density at radius 1 is 0.800 bits per heavy atom. The molecule has 0 heterocycles. The van der Waals surface area contributed by atoms with Crippen molar-refractivity contribution >= 4 is 23.3 Å². The third kappa shape index (κ3) is 5.41. The maximum atomic E-state index is 13.8. The Hall–Kier alpha value is -1.66. The molecule has 2 aromatic rings. The minimum absolute atomic E-state index is 0.124. The fourth-order valence-electron chi connectivity index (χ4n) is 2.98. The molecule has 0 aliphatic heterocycles. The van der Waals surface area contributed by atoms with Crippen LogP contribution in [0.15, 0.2) is 60.7 Å². The van der Waals surface area contributed by atoms with Crippen LogP contribution in [-0.4, -0.2) is 5.52 Å². The molecule has 3 heteroatoms. The van der Waals surface area contributed by atoms with Crippen molar-refractivity contribution in [3.05, 3.63) is 60.7 Å². The van der Waals surface area contributed by atoms with Gasteiger partial charge in [-0.3, -0.25) is 4.79 Å². The Balaban J connectivity index is 2.12. The second kappa shape index (κ2) is 8.63. The van der Waals surface area contributed by atoms with E-state index in [1.165, 1.54) is 0 Å². The zero-order valence-corrected chi connectivity index (χ0v) is 16.5. The highest BCUT2D eigenvalue weighted by Gasteiger charge is 2.34. The molecule has 2 aromatic carbocycles. The number of hydrogen-bond donors (Lipinski definition) is 0. The summed E-state index contributed by atoms with van der Waals surface area (Å²) in [6.45, 7) is 6.70. The smallest absolute Gasteiger partial charge is 0.205 e. The lowest BCUT2D eigenvalue weighted by atomic mass is 9.89. The van der Waals surface area contributed by atoms with Gasteiger partial charge in [-0.15, -0.1) is 0 Å². The van der Waals surface area contributed by atoms with E-state index in [0.717, 1.165) is 25.7 Å². The lowest BCUT2D eigenvalue weighted by molar-refractivity contribution is -0.111. The van der Waals surface area contributed by atoms with Gasteiger partial charge in [-0.05, 0) is 18.3 Å². The standard InChI is InChI=1S/C22H29O2P/c1-22(2,3)18-12-6-11-17-21(23)25(24,19-13-7-4-8-14-19)20-15-9-5-10-16-20/h4-5,7-10,13-16H,6,11-12,17-18H2,1-3H3. The van der Waals surface area contributed by atoms with E-state index < -0.39 is 7.14 Å². The van der Waals surface area contributed by atoms with Crippen molar-refractivity contribution in [2.24, 2.45) is 5.41 Å². The van der Waals surface area contributed by atoms with Crippen LogP contribution in [0.2, 0.25) is 0 Å². The molecular weight excluding hydrogens is 327 g/mol. The molecule has 0 bridgehead atoms. The van der Waals surface area contributed by atoms with Crippen molar-refractivity contribution in [3.63, 3.8) is 0 Å². The van der Waals surface area contributed by atoms with E-state index in [9.17, 15) is 9.36 Å². The number of hydrogen-bond acceptors (Lipinski definition) is 2. The maximum absolute atomic E-state index is 13.8. The minimum atomic E-state index is -3.24. The molecule has 0 spiro atoms. The molecule has 0 aliphatic rings. The van der Waals surface area contributed by atoms with Gasteiger partial charge in [-0.2, -0.15) is 0 Å². The number of carbonyl (C=O) groups excluding carboxylic acids is 1. The Kier molecular flexibility index (Phi) is 6.79. The first kappa shape index (κ1) is 19.7. The van der Waals surface area contributed by atoms with Crippen molar-refractivity contribution in [3.8, 4) is 0 Å². The van der Waals surface area contributed by atoms with Crippen molar-refractivity contribution in [2.45, 2.75) is 52.9 Å². The first-order valence-electron chi connectivity index (χ1n) is 9.09. The predicted octanol–water partition coefficient (Wildman–Crippen LogP) is 5.52. The van der Waals surface area contributed by atoms with Gasteiger partial charge in [0.25, 0.3) is 0 Å². The van der Waals surface area contributed by atoms with Crippen LogP contribution in [0.4, 0.5) is 0 Å². The fraction of sp³-hybridized carbons (Fsp3) is 0.409. The molecule has 0 unspecified atom stereocenters. The second-order valence-corrected chi connectivity index (χ2v) is 10.5. The Morgan fingerprint density at radius 2 is 1.28 bits per heavy atom. The van der Waals surface area contributed by atoms with Crippen LogP contribution in [0.1, 0.15) is 52.9 Å². The van der Waals surface area contributed by atoms with E-state index >= 15 is 0 Å². The van der Waals surface area contributed by atoms with Gasteiger partial charge in [-0.25, -0.2) is 0 Å². The molecule has 0 saturated carbocycles. The molecule has 25 heavy (non-hydrogen) atoms. The molecular formula is C22H29O2P. The third-order valence-corrected chi connectivity index (χ3v) is 7.39. The highest BCUT2D eigenvalue weighted by Crippen LogP contribution is 2.45. The fourth-order valence-corrected chi connectivity index (χ4v) is 5.51. The van der Waals surface area contributed by atoms with Crippen molar-refractivity contribution in [1.82, 2.24) is 0 Å². The van der Waals surface area contributed by atoms with Crippen molar-refractivity contribution < 1.29 is 9.36 Å². The third-order valence-electron chi connectivity index (χ3n) is 4.41. The zero-order valence-electron chi connectivity index (χ0n) is 15.6. The lowest BCUT2D eigenvalue weighted by Gasteiger charge is -2.19. The van der Waals surface area contributed by atoms with Gasteiger partial charge in [0.15, 0.2) is 5.52 Å². The first-order chi connectivity index (χ1) is 11.8. The van der Waals surface area contributed by atoms with Gasteiger partial charge >= 0.3 is 0 Å². The van der Waals surface area contributed by atoms with Gasteiger partial charge in [0, 0.05) is 17.0 Å². The van der Waals surface area contributed by atoms with Crippen molar-refractivity contribution in [1.29, 1.82) is 0 Å². The molecule has 0 atom stereocenters. The van der Waals surface area contributed by atoms with Gasteiger partial charge in [-0.1, -0.05) is 94.3 Å². The van der Waals surface area contributed by atoms with E-state index in [1.54, 1.807) is 0 Å². The summed E-state index contributed by atoms with van der Waals surface area (Å²) in [7, 11) is -3.24. The first-order valence-corrected chi connectivity index (χ1v) is 10.8. The average Bonchev–Trinajstić information content (AvgIpc) is 2.61. The normalized spacial score (nSPS) is 12.1. The molecule has 2 nitrogen and oxygen atoms in total.